The predicted molar refractivity (Wildman–Crippen MR) is 172 cm³/mol. The summed E-state index contributed by atoms with van der Waals surface area (Å²) in [7, 11) is -2.87. The van der Waals surface area contributed by atoms with E-state index in [4.69, 9.17) is 4.74 Å². The van der Waals surface area contributed by atoms with Crippen LogP contribution in [0.15, 0.2) is 48.8 Å². The van der Waals surface area contributed by atoms with Gasteiger partial charge in [-0.05, 0) is 56.7 Å². The van der Waals surface area contributed by atoms with Gasteiger partial charge in [-0.15, -0.1) is 0 Å². The molecule has 0 unspecified atom stereocenters. The number of carbonyl (C=O) groups is 2. The zero-order valence-corrected chi connectivity index (χ0v) is 27.3. The Hall–Kier alpha value is -4.63. The number of anilines is 2. The molecule has 2 aromatic heterocycles. The molecule has 0 atom stereocenters. The minimum atomic E-state index is -4.15. The molecule has 1 saturated heterocycles. The van der Waals surface area contributed by atoms with Crippen LogP contribution >= 0.6 is 0 Å². The van der Waals surface area contributed by atoms with Gasteiger partial charge in [-0.2, -0.15) is 12.7 Å². The number of halogens is 3. The van der Waals surface area contributed by atoms with Crippen molar-refractivity contribution < 1.29 is 35.9 Å². The molecule has 4 aromatic rings. The number of aromatic amines is 1. The summed E-state index contributed by atoms with van der Waals surface area (Å²) >= 11 is 0. The summed E-state index contributed by atoms with van der Waals surface area (Å²) in [5.74, 6) is -4.09. The van der Waals surface area contributed by atoms with Crippen molar-refractivity contribution in [3.05, 3.63) is 77.4 Å². The number of aromatic nitrogens is 2. The molecule has 0 radical (unpaired) electrons. The number of pyridine rings is 1. The van der Waals surface area contributed by atoms with Gasteiger partial charge < -0.3 is 19.5 Å². The van der Waals surface area contributed by atoms with Gasteiger partial charge in [0.25, 0.3) is 0 Å². The normalized spacial score (nSPS) is 14.1. The highest BCUT2D eigenvalue weighted by Gasteiger charge is 2.29. The standard InChI is InChI=1S/C32H35F3N6O5S/c1-6-39(5)47(44,45)38-25-9-8-23(33)27(28(25)35)29(42)22-18-37-30-21(22)15-20(17-36-30)19-7-10-26(24(34)16-19)40-11-13-41(14-12-40)31(43)46-32(2,3)4/h7-10,15-18,38H,6,11-14H2,1-5H3,(H,36,37). The van der Waals surface area contributed by atoms with Gasteiger partial charge in [0, 0.05) is 68.7 Å². The Morgan fingerprint density at radius 1 is 1.02 bits per heavy atom. The molecule has 0 saturated carbocycles. The lowest BCUT2D eigenvalue weighted by Gasteiger charge is -2.36. The smallest absolute Gasteiger partial charge is 0.410 e. The highest BCUT2D eigenvalue weighted by molar-refractivity contribution is 7.90. The first-order valence-corrected chi connectivity index (χ1v) is 16.3. The number of hydrogen-bond donors (Lipinski definition) is 2. The van der Waals surface area contributed by atoms with E-state index in [-0.39, 0.29) is 23.1 Å². The van der Waals surface area contributed by atoms with Crippen LogP contribution in [0.2, 0.25) is 0 Å². The summed E-state index contributed by atoms with van der Waals surface area (Å²) in [5.41, 5.74) is -0.771. The van der Waals surface area contributed by atoms with Crippen molar-refractivity contribution in [3.8, 4) is 11.1 Å². The number of amides is 1. The molecule has 1 fully saturated rings. The van der Waals surface area contributed by atoms with Gasteiger partial charge in [0.05, 0.1) is 16.9 Å². The molecular weight excluding hydrogens is 637 g/mol. The second-order valence-corrected chi connectivity index (χ2v) is 13.9. The number of ketones is 1. The second-order valence-electron chi connectivity index (χ2n) is 12.1. The number of fused-ring (bicyclic) bond motifs is 1. The van der Waals surface area contributed by atoms with E-state index in [2.05, 4.69) is 9.97 Å². The highest BCUT2D eigenvalue weighted by Crippen LogP contribution is 2.32. The number of rotatable bonds is 8. The van der Waals surface area contributed by atoms with Crippen molar-refractivity contribution in [1.82, 2.24) is 19.2 Å². The Bertz CT molecular complexity index is 1950. The van der Waals surface area contributed by atoms with E-state index >= 15 is 8.78 Å². The van der Waals surface area contributed by atoms with E-state index in [1.54, 1.807) is 50.8 Å². The minimum absolute atomic E-state index is 0.0913. The quantitative estimate of drug-likeness (QED) is 0.235. The van der Waals surface area contributed by atoms with Gasteiger partial charge in [-0.1, -0.05) is 13.0 Å². The summed E-state index contributed by atoms with van der Waals surface area (Å²) in [6, 6.07) is 7.90. The lowest BCUT2D eigenvalue weighted by atomic mass is 9.99. The largest absolute Gasteiger partial charge is 0.444 e. The third kappa shape index (κ3) is 7.05. The molecule has 1 aliphatic rings. The van der Waals surface area contributed by atoms with E-state index in [1.807, 2.05) is 9.62 Å². The minimum Gasteiger partial charge on any atom is -0.444 e. The third-order valence-corrected chi connectivity index (χ3v) is 9.30. The zero-order valence-electron chi connectivity index (χ0n) is 26.5. The number of H-pyrrole nitrogens is 1. The summed E-state index contributed by atoms with van der Waals surface area (Å²) in [4.78, 5) is 36.4. The Morgan fingerprint density at radius 3 is 2.36 bits per heavy atom. The monoisotopic (exact) mass is 672 g/mol. The van der Waals surface area contributed by atoms with E-state index in [1.165, 1.54) is 25.5 Å². The topological polar surface area (TPSA) is 128 Å². The molecule has 250 valence electrons. The molecule has 2 aromatic carbocycles. The van der Waals surface area contributed by atoms with Crippen LogP contribution in [0.3, 0.4) is 0 Å². The second kappa shape index (κ2) is 12.9. The van der Waals surface area contributed by atoms with Gasteiger partial charge in [0.15, 0.2) is 5.82 Å². The van der Waals surface area contributed by atoms with Crippen molar-refractivity contribution in [1.29, 1.82) is 0 Å². The van der Waals surface area contributed by atoms with E-state index in [0.717, 1.165) is 16.4 Å². The molecule has 1 aliphatic heterocycles. The average Bonchev–Trinajstić information content (AvgIpc) is 3.44. The number of hydrogen-bond acceptors (Lipinski definition) is 7. The molecule has 0 aliphatic carbocycles. The molecule has 2 N–H and O–H groups in total. The predicted octanol–water partition coefficient (Wildman–Crippen LogP) is 5.54. The van der Waals surface area contributed by atoms with Crippen molar-refractivity contribution in [2.24, 2.45) is 0 Å². The number of ether oxygens (including phenoxy) is 1. The number of carbonyl (C=O) groups excluding carboxylic acids is 2. The fourth-order valence-electron chi connectivity index (χ4n) is 5.11. The van der Waals surface area contributed by atoms with Crippen LogP contribution in [-0.4, -0.2) is 84.8 Å². The Labute approximate surface area is 270 Å². The fraction of sp³-hybridized carbons (Fsp3) is 0.344. The van der Waals surface area contributed by atoms with Gasteiger partial charge in [0.1, 0.15) is 22.9 Å². The molecule has 0 spiro atoms. The van der Waals surface area contributed by atoms with E-state index in [9.17, 15) is 22.4 Å². The number of nitrogens with zero attached hydrogens (tertiary/aromatic N) is 4. The third-order valence-electron chi connectivity index (χ3n) is 7.74. The maximum absolute atomic E-state index is 15.5. The summed E-state index contributed by atoms with van der Waals surface area (Å²) in [6.45, 7) is 8.59. The molecule has 11 nitrogen and oxygen atoms in total. The molecule has 15 heteroatoms. The Morgan fingerprint density at radius 2 is 1.72 bits per heavy atom. The molecular formula is C32H35F3N6O5S. The Kier molecular flexibility index (Phi) is 9.24. The summed E-state index contributed by atoms with van der Waals surface area (Å²) in [6.07, 6.45) is 2.31. The molecule has 47 heavy (non-hydrogen) atoms. The maximum Gasteiger partial charge on any atom is 0.410 e. The number of nitrogens with one attached hydrogen (secondary N) is 2. The van der Waals surface area contributed by atoms with Gasteiger partial charge in [-0.3, -0.25) is 9.52 Å². The maximum atomic E-state index is 15.5. The summed E-state index contributed by atoms with van der Waals surface area (Å²) in [5, 5.41) is 0.228. The molecule has 5 rings (SSSR count). The first-order chi connectivity index (χ1) is 22.1. The van der Waals surface area contributed by atoms with Crippen LogP contribution < -0.4 is 9.62 Å². The van der Waals surface area contributed by atoms with Crippen LogP contribution in [-0.2, 0) is 14.9 Å². The van der Waals surface area contributed by atoms with Crippen molar-refractivity contribution in [2.45, 2.75) is 33.3 Å². The highest BCUT2D eigenvalue weighted by atomic mass is 32.2. The van der Waals surface area contributed by atoms with Gasteiger partial charge in [0.2, 0.25) is 5.78 Å². The zero-order chi connectivity index (χ0) is 34.3. The molecule has 1 amide bonds. The van der Waals surface area contributed by atoms with E-state index in [0.29, 0.717) is 43.0 Å². The summed E-state index contributed by atoms with van der Waals surface area (Å²) < 4.78 is 79.1. The molecule has 3 heterocycles. The average molecular weight is 673 g/mol. The van der Waals surface area contributed by atoms with Gasteiger partial charge in [-0.25, -0.2) is 22.9 Å². The van der Waals surface area contributed by atoms with Crippen molar-refractivity contribution >= 4 is 44.5 Å². The first kappa shape index (κ1) is 33.7. The lowest BCUT2D eigenvalue weighted by molar-refractivity contribution is 0.0240. The fourth-order valence-corrected chi connectivity index (χ4v) is 6.04. The van der Waals surface area contributed by atoms with Crippen LogP contribution in [0.25, 0.3) is 22.2 Å². The van der Waals surface area contributed by atoms with Crippen molar-refractivity contribution in [2.75, 3.05) is 49.4 Å². The first-order valence-electron chi connectivity index (χ1n) is 14.9. The lowest BCUT2D eigenvalue weighted by Crippen LogP contribution is -2.50. The van der Waals surface area contributed by atoms with Crippen LogP contribution in [0, 0.1) is 17.5 Å². The van der Waals surface area contributed by atoms with Crippen LogP contribution in [0.1, 0.15) is 43.6 Å². The van der Waals surface area contributed by atoms with E-state index < -0.39 is 56.4 Å². The van der Waals surface area contributed by atoms with Crippen LogP contribution in [0.5, 0.6) is 0 Å². The molecule has 0 bridgehead atoms. The number of piperazine rings is 1. The number of benzene rings is 2. The SMILES string of the molecule is CCN(C)S(=O)(=O)Nc1ccc(F)c(C(=O)c2c[nH]c3ncc(-c4ccc(N5CCN(C(=O)OC(C)(C)C)CC5)c(F)c4)cc23)c1F. The van der Waals surface area contributed by atoms with Crippen molar-refractivity contribution in [3.63, 3.8) is 0 Å². The Balaban J connectivity index is 1.39. The van der Waals surface area contributed by atoms with Crippen LogP contribution in [0.4, 0.5) is 29.3 Å². The van der Waals surface area contributed by atoms with Gasteiger partial charge >= 0.3 is 16.3 Å².